The molecule has 0 aromatic heterocycles. The summed E-state index contributed by atoms with van der Waals surface area (Å²) in [6.45, 7) is 3.40. The van der Waals surface area contributed by atoms with E-state index in [1.54, 1.807) is 13.8 Å². The average molecular weight is 220 g/mol. The third-order valence-electron chi connectivity index (χ3n) is 2.35. The molecule has 3 nitrogen and oxygen atoms in total. The van der Waals surface area contributed by atoms with Gasteiger partial charge in [0, 0.05) is 24.9 Å². The van der Waals surface area contributed by atoms with Gasteiger partial charge in [-0.05, 0) is 20.3 Å². The highest BCUT2D eigenvalue weighted by Gasteiger charge is 2.37. The van der Waals surface area contributed by atoms with Crippen LogP contribution in [0.15, 0.2) is 0 Å². The van der Waals surface area contributed by atoms with Crippen molar-refractivity contribution in [2.24, 2.45) is 5.73 Å². The number of nitrogens with zero attached hydrogens (tertiary/aromatic N) is 1. The highest BCUT2D eigenvalue weighted by atomic mass is 19.3. The molecule has 1 fully saturated rings. The van der Waals surface area contributed by atoms with Crippen molar-refractivity contribution >= 4 is 5.91 Å². The Hall–Kier alpha value is -0.710. The number of halogens is 2. The molecule has 1 aliphatic rings. The molecule has 0 aromatic rings. The second kappa shape index (κ2) is 4.04. The van der Waals surface area contributed by atoms with Crippen molar-refractivity contribution in [1.29, 1.82) is 0 Å². The van der Waals surface area contributed by atoms with E-state index < -0.39 is 18.0 Å². The molecule has 15 heavy (non-hydrogen) atoms. The molecule has 0 aliphatic carbocycles. The average Bonchev–Trinajstić information content (AvgIpc) is 1.99. The molecule has 0 unspecified atom stereocenters. The number of amides is 1. The summed E-state index contributed by atoms with van der Waals surface area (Å²) >= 11 is 0. The van der Waals surface area contributed by atoms with E-state index in [2.05, 4.69) is 0 Å². The molecule has 1 rings (SSSR count). The van der Waals surface area contributed by atoms with E-state index in [-0.39, 0.29) is 18.7 Å². The van der Waals surface area contributed by atoms with Gasteiger partial charge < -0.3 is 10.6 Å². The lowest BCUT2D eigenvalue weighted by atomic mass is 10.00. The largest absolute Gasteiger partial charge is 0.337 e. The van der Waals surface area contributed by atoms with Gasteiger partial charge in [-0.2, -0.15) is 0 Å². The Morgan fingerprint density at radius 1 is 1.53 bits per heavy atom. The number of nitrogens with two attached hydrogens (primary N) is 1. The summed E-state index contributed by atoms with van der Waals surface area (Å²) < 4.78 is 26.0. The quantitative estimate of drug-likeness (QED) is 0.764. The van der Waals surface area contributed by atoms with Gasteiger partial charge in [0.2, 0.25) is 5.91 Å². The van der Waals surface area contributed by atoms with Crippen LogP contribution in [0.25, 0.3) is 0 Å². The van der Waals surface area contributed by atoms with E-state index in [9.17, 15) is 13.6 Å². The maximum atomic E-state index is 13.0. The number of hydrogen-bond acceptors (Lipinski definition) is 2. The molecule has 0 radical (unpaired) electrons. The molecule has 1 amide bonds. The zero-order chi connectivity index (χ0) is 11.7. The number of carbonyl (C=O) groups is 1. The lowest BCUT2D eigenvalue weighted by Crippen LogP contribution is -2.48. The van der Waals surface area contributed by atoms with E-state index in [1.807, 2.05) is 0 Å². The van der Waals surface area contributed by atoms with Crippen LogP contribution in [0.4, 0.5) is 8.78 Å². The van der Waals surface area contributed by atoms with Crippen LogP contribution in [0.5, 0.6) is 0 Å². The van der Waals surface area contributed by atoms with Crippen LogP contribution in [0.1, 0.15) is 33.1 Å². The van der Waals surface area contributed by atoms with Crippen molar-refractivity contribution in [3.63, 3.8) is 0 Å². The van der Waals surface area contributed by atoms with Crippen molar-refractivity contribution < 1.29 is 13.6 Å². The van der Waals surface area contributed by atoms with Crippen molar-refractivity contribution in [1.82, 2.24) is 4.90 Å². The lowest BCUT2D eigenvalue weighted by molar-refractivity contribution is -0.142. The van der Waals surface area contributed by atoms with Crippen molar-refractivity contribution in [3.8, 4) is 0 Å². The molecule has 88 valence electrons. The summed E-state index contributed by atoms with van der Waals surface area (Å²) in [5.74, 6) is -3.01. The minimum absolute atomic E-state index is 0.114. The molecular weight excluding hydrogens is 202 g/mol. The number of hydrogen-bond donors (Lipinski definition) is 1. The van der Waals surface area contributed by atoms with Gasteiger partial charge in [0.25, 0.3) is 5.92 Å². The summed E-state index contributed by atoms with van der Waals surface area (Å²) in [6.07, 6.45) is 0.357. The fourth-order valence-corrected chi connectivity index (χ4v) is 1.68. The third-order valence-corrected chi connectivity index (χ3v) is 2.35. The van der Waals surface area contributed by atoms with E-state index in [0.717, 1.165) is 0 Å². The van der Waals surface area contributed by atoms with E-state index in [0.29, 0.717) is 13.0 Å². The summed E-state index contributed by atoms with van der Waals surface area (Å²) in [7, 11) is 0. The molecule has 0 spiro atoms. The third kappa shape index (κ3) is 4.11. The van der Waals surface area contributed by atoms with Crippen LogP contribution in [-0.2, 0) is 4.79 Å². The highest BCUT2D eigenvalue weighted by molar-refractivity contribution is 5.77. The standard InChI is InChI=1S/C10H18F2N2O/c1-9(2,13)6-8(15)14-5-3-4-10(11,12)7-14/h3-7,13H2,1-2H3. The molecule has 0 aromatic carbocycles. The Kier molecular flexibility index (Phi) is 3.33. The summed E-state index contributed by atoms with van der Waals surface area (Å²) in [6, 6.07) is 0. The predicted molar refractivity (Wildman–Crippen MR) is 53.6 cm³/mol. The number of piperidine rings is 1. The minimum atomic E-state index is -2.73. The Bertz CT molecular complexity index is 248. The van der Waals surface area contributed by atoms with E-state index >= 15 is 0 Å². The Labute approximate surface area is 88.6 Å². The first-order valence-corrected chi connectivity index (χ1v) is 5.14. The fraction of sp³-hybridized carbons (Fsp3) is 0.900. The van der Waals surface area contributed by atoms with Crippen LogP contribution < -0.4 is 5.73 Å². The number of carbonyl (C=O) groups excluding carboxylic acids is 1. The monoisotopic (exact) mass is 220 g/mol. The molecule has 0 atom stereocenters. The Morgan fingerprint density at radius 2 is 2.13 bits per heavy atom. The van der Waals surface area contributed by atoms with Crippen molar-refractivity contribution in [3.05, 3.63) is 0 Å². The first kappa shape index (κ1) is 12.4. The first-order chi connectivity index (χ1) is 6.70. The van der Waals surface area contributed by atoms with Gasteiger partial charge in [-0.25, -0.2) is 8.78 Å². The SMILES string of the molecule is CC(C)(N)CC(=O)N1CCCC(F)(F)C1. The van der Waals surface area contributed by atoms with Crippen LogP contribution >= 0.6 is 0 Å². The molecule has 1 aliphatic heterocycles. The van der Waals surface area contributed by atoms with Gasteiger partial charge in [0.05, 0.1) is 6.54 Å². The molecule has 5 heteroatoms. The molecule has 0 bridgehead atoms. The highest BCUT2D eigenvalue weighted by Crippen LogP contribution is 2.27. The van der Waals surface area contributed by atoms with Crippen molar-refractivity contribution in [2.45, 2.75) is 44.6 Å². The second-order valence-corrected chi connectivity index (χ2v) is 4.94. The van der Waals surface area contributed by atoms with E-state index in [1.165, 1.54) is 4.90 Å². The topological polar surface area (TPSA) is 46.3 Å². The molecular formula is C10H18F2N2O. The zero-order valence-corrected chi connectivity index (χ0v) is 9.22. The Morgan fingerprint density at radius 3 is 2.60 bits per heavy atom. The summed E-state index contributed by atoms with van der Waals surface area (Å²) in [5, 5.41) is 0. The maximum Gasteiger partial charge on any atom is 0.265 e. The zero-order valence-electron chi connectivity index (χ0n) is 9.22. The van der Waals surface area contributed by atoms with Crippen molar-refractivity contribution in [2.75, 3.05) is 13.1 Å². The number of rotatable bonds is 2. The Balaban J connectivity index is 2.53. The van der Waals surface area contributed by atoms with Gasteiger partial charge in [-0.3, -0.25) is 4.79 Å². The number of alkyl halides is 2. The van der Waals surface area contributed by atoms with Crippen LogP contribution in [0, 0.1) is 0 Å². The maximum absolute atomic E-state index is 13.0. The second-order valence-electron chi connectivity index (χ2n) is 4.94. The summed E-state index contributed by atoms with van der Waals surface area (Å²) in [5.41, 5.74) is 5.04. The van der Waals surface area contributed by atoms with Gasteiger partial charge in [-0.1, -0.05) is 0 Å². The van der Waals surface area contributed by atoms with Crippen LogP contribution in [0.2, 0.25) is 0 Å². The van der Waals surface area contributed by atoms with Gasteiger partial charge in [0.1, 0.15) is 0 Å². The molecule has 2 N–H and O–H groups in total. The lowest BCUT2D eigenvalue weighted by Gasteiger charge is -2.34. The normalized spacial score (nSPS) is 21.5. The van der Waals surface area contributed by atoms with Crippen LogP contribution in [0.3, 0.4) is 0 Å². The smallest absolute Gasteiger partial charge is 0.265 e. The van der Waals surface area contributed by atoms with Crippen LogP contribution in [-0.4, -0.2) is 35.4 Å². The van der Waals surface area contributed by atoms with Gasteiger partial charge in [-0.15, -0.1) is 0 Å². The van der Waals surface area contributed by atoms with Gasteiger partial charge in [0.15, 0.2) is 0 Å². The van der Waals surface area contributed by atoms with Gasteiger partial charge >= 0.3 is 0 Å². The first-order valence-electron chi connectivity index (χ1n) is 5.14. The minimum Gasteiger partial charge on any atom is -0.337 e. The fourth-order valence-electron chi connectivity index (χ4n) is 1.68. The number of likely N-dealkylation sites (tertiary alicyclic amines) is 1. The molecule has 0 saturated carbocycles. The predicted octanol–water partition coefficient (Wildman–Crippen LogP) is 1.37. The van der Waals surface area contributed by atoms with E-state index in [4.69, 9.17) is 5.73 Å². The molecule has 1 saturated heterocycles. The summed E-state index contributed by atoms with van der Waals surface area (Å²) in [4.78, 5) is 12.8. The molecule has 1 heterocycles.